The van der Waals surface area contributed by atoms with Crippen LogP contribution in [-0.4, -0.2) is 41.5 Å². The fraction of sp³-hybridized carbons (Fsp3) is 0.444. The molecule has 1 aliphatic heterocycles. The molecule has 146 valence electrons. The highest BCUT2D eigenvalue weighted by Crippen LogP contribution is 2.42. The number of allylic oxidation sites excluding steroid dienone is 1. The Balaban J connectivity index is 2.67. The molecule has 0 radical (unpaired) electrons. The zero-order valence-electron chi connectivity index (χ0n) is 16.0. The summed E-state index contributed by atoms with van der Waals surface area (Å²) in [6.45, 7) is 5.48. The average molecular weight is 393 g/mol. The topological polar surface area (TPSA) is 93.9 Å². The Morgan fingerprint density at radius 3 is 2.63 bits per heavy atom. The van der Waals surface area contributed by atoms with Gasteiger partial charge in [-0.25, -0.2) is 0 Å². The Hall–Kier alpha value is -2.68. The number of ether oxygens (including phenoxy) is 2. The highest BCUT2D eigenvalue weighted by atomic mass is 32.1. The second-order valence-electron chi connectivity index (χ2n) is 6.17. The van der Waals surface area contributed by atoms with Crippen molar-refractivity contribution in [2.75, 3.05) is 20.8 Å². The molecule has 0 fully saturated rings. The van der Waals surface area contributed by atoms with Gasteiger partial charge in [-0.05, 0) is 44.1 Å². The normalized spacial score (nSPS) is 16.9. The monoisotopic (exact) mass is 393 g/mol. The molecule has 0 saturated carbocycles. The predicted molar refractivity (Wildman–Crippen MR) is 105 cm³/mol. The number of methoxy groups -OCH3 is 1. The summed E-state index contributed by atoms with van der Waals surface area (Å²) in [4.78, 5) is 25.1. The molecule has 1 heterocycles. The number of nitrogens with zero attached hydrogens (tertiary/aromatic N) is 2. The number of Topliss-reactive ketones (excluding diaryl/α,β-unsaturated/α-hetero) is 1. The van der Waals surface area contributed by atoms with Crippen LogP contribution in [0.1, 0.15) is 38.8 Å². The van der Waals surface area contributed by atoms with Gasteiger partial charge in [-0.2, -0.15) is 0 Å². The largest absolute Gasteiger partial charge is 0.493 e. The number of carbonyl (C=O) groups is 1. The quantitative estimate of drug-likeness (QED) is 0.429. The van der Waals surface area contributed by atoms with Crippen LogP contribution in [0.2, 0.25) is 0 Å². The van der Waals surface area contributed by atoms with E-state index in [0.29, 0.717) is 35.0 Å². The maximum Gasteiger partial charge on any atom is 0.315 e. The van der Waals surface area contributed by atoms with Gasteiger partial charge in [0.1, 0.15) is 0 Å². The van der Waals surface area contributed by atoms with Gasteiger partial charge in [-0.1, -0.05) is 6.92 Å². The summed E-state index contributed by atoms with van der Waals surface area (Å²) < 4.78 is 10.9. The summed E-state index contributed by atoms with van der Waals surface area (Å²) in [7, 11) is 3.18. The molecule has 2 rings (SSSR count). The van der Waals surface area contributed by atoms with Gasteiger partial charge in [0.05, 0.1) is 24.7 Å². The number of hydrogen-bond donors (Lipinski definition) is 1. The minimum absolute atomic E-state index is 0.0775. The first-order valence-electron chi connectivity index (χ1n) is 8.47. The highest BCUT2D eigenvalue weighted by Gasteiger charge is 2.33. The van der Waals surface area contributed by atoms with Crippen molar-refractivity contribution >= 4 is 28.8 Å². The van der Waals surface area contributed by atoms with Crippen LogP contribution in [0.4, 0.5) is 5.69 Å². The minimum Gasteiger partial charge on any atom is -0.493 e. The molecule has 0 aromatic heterocycles. The van der Waals surface area contributed by atoms with E-state index >= 15 is 0 Å². The first-order chi connectivity index (χ1) is 12.7. The number of nitro groups is 1. The van der Waals surface area contributed by atoms with Crippen LogP contribution in [0.3, 0.4) is 0 Å². The lowest BCUT2D eigenvalue weighted by molar-refractivity contribution is -0.386. The van der Waals surface area contributed by atoms with Crippen molar-refractivity contribution in [1.29, 1.82) is 0 Å². The number of ketones is 1. The van der Waals surface area contributed by atoms with E-state index in [4.69, 9.17) is 21.7 Å². The molecule has 0 saturated heterocycles. The number of carbonyl (C=O) groups excluding carboxylic acids is 1. The van der Waals surface area contributed by atoms with E-state index in [1.54, 1.807) is 24.9 Å². The fourth-order valence-electron chi connectivity index (χ4n) is 2.95. The maximum absolute atomic E-state index is 12.3. The van der Waals surface area contributed by atoms with E-state index in [9.17, 15) is 14.9 Å². The van der Waals surface area contributed by atoms with E-state index in [0.717, 1.165) is 0 Å². The van der Waals surface area contributed by atoms with Crippen molar-refractivity contribution in [3.05, 3.63) is 39.1 Å². The SMILES string of the molecule is CCCOc1c(OC)cc(C2NC(=S)N(C)C(C)=C2C(C)=O)cc1[N+](=O)[O-]. The highest BCUT2D eigenvalue weighted by molar-refractivity contribution is 7.80. The lowest BCUT2D eigenvalue weighted by Gasteiger charge is -2.35. The molecule has 1 N–H and O–H groups in total. The molecule has 1 unspecified atom stereocenters. The van der Waals surface area contributed by atoms with Gasteiger partial charge in [-0.3, -0.25) is 14.9 Å². The van der Waals surface area contributed by atoms with E-state index in [-0.39, 0.29) is 23.0 Å². The lowest BCUT2D eigenvalue weighted by Crippen LogP contribution is -2.45. The summed E-state index contributed by atoms with van der Waals surface area (Å²) in [5.74, 6) is 0.167. The van der Waals surface area contributed by atoms with Crippen molar-refractivity contribution in [3.63, 3.8) is 0 Å². The summed E-state index contributed by atoms with van der Waals surface area (Å²) in [5, 5.41) is 15.1. The Morgan fingerprint density at radius 2 is 2.11 bits per heavy atom. The zero-order valence-corrected chi connectivity index (χ0v) is 16.8. The Kier molecular flexibility index (Phi) is 6.37. The number of rotatable bonds is 7. The van der Waals surface area contributed by atoms with Crippen LogP contribution < -0.4 is 14.8 Å². The van der Waals surface area contributed by atoms with Crippen molar-refractivity contribution in [1.82, 2.24) is 10.2 Å². The molecule has 1 atom stereocenters. The predicted octanol–water partition coefficient (Wildman–Crippen LogP) is 3.12. The molecule has 9 heteroatoms. The number of hydrogen-bond acceptors (Lipinski definition) is 6. The molecule has 1 aromatic carbocycles. The van der Waals surface area contributed by atoms with Gasteiger partial charge in [-0.15, -0.1) is 0 Å². The maximum atomic E-state index is 12.3. The molecule has 1 aliphatic rings. The van der Waals surface area contributed by atoms with Crippen LogP contribution in [0, 0.1) is 10.1 Å². The van der Waals surface area contributed by atoms with E-state index in [1.807, 2.05) is 6.92 Å². The fourth-order valence-corrected chi connectivity index (χ4v) is 3.21. The summed E-state index contributed by atoms with van der Waals surface area (Å²) in [6.07, 6.45) is 0.698. The van der Waals surface area contributed by atoms with Crippen molar-refractivity contribution in [2.45, 2.75) is 33.2 Å². The summed E-state index contributed by atoms with van der Waals surface area (Å²) in [5.41, 5.74) is 1.47. The molecule has 0 bridgehead atoms. The van der Waals surface area contributed by atoms with Crippen molar-refractivity contribution in [3.8, 4) is 11.5 Å². The van der Waals surface area contributed by atoms with E-state index in [1.165, 1.54) is 20.1 Å². The summed E-state index contributed by atoms with van der Waals surface area (Å²) in [6, 6.07) is 2.42. The molecule has 0 amide bonds. The van der Waals surface area contributed by atoms with E-state index in [2.05, 4.69) is 5.32 Å². The average Bonchev–Trinajstić information content (AvgIpc) is 2.62. The van der Waals surface area contributed by atoms with Crippen molar-refractivity contribution in [2.24, 2.45) is 0 Å². The second kappa shape index (κ2) is 8.34. The van der Waals surface area contributed by atoms with Crippen molar-refractivity contribution < 1.29 is 19.2 Å². The van der Waals surface area contributed by atoms with E-state index < -0.39 is 11.0 Å². The number of benzene rings is 1. The molecular weight excluding hydrogens is 370 g/mol. The Bertz CT molecular complexity index is 821. The number of thiocarbonyl (C=S) groups is 1. The third kappa shape index (κ3) is 4.02. The first kappa shape index (κ1) is 20.6. The summed E-state index contributed by atoms with van der Waals surface area (Å²) >= 11 is 5.33. The lowest BCUT2D eigenvalue weighted by atomic mass is 9.92. The van der Waals surface area contributed by atoms with Gasteiger partial charge >= 0.3 is 5.69 Å². The minimum atomic E-state index is -0.612. The van der Waals surface area contributed by atoms with Gasteiger partial charge in [0.25, 0.3) is 0 Å². The molecule has 1 aromatic rings. The third-order valence-corrected chi connectivity index (χ3v) is 4.78. The molecular formula is C18H23N3O5S. The standard InChI is InChI=1S/C18H23N3O5S/c1-6-7-26-17-13(21(23)24)8-12(9-14(17)25-5)16-15(11(3)22)10(2)20(4)18(27)19-16/h8-9,16H,6-7H2,1-5H3,(H,19,27). The third-order valence-electron chi connectivity index (χ3n) is 4.39. The first-order valence-corrected chi connectivity index (χ1v) is 8.88. The second-order valence-corrected chi connectivity index (χ2v) is 6.56. The van der Waals surface area contributed by atoms with Crippen LogP contribution in [-0.2, 0) is 4.79 Å². The van der Waals surface area contributed by atoms with Gasteiger partial charge < -0.3 is 19.7 Å². The smallest absolute Gasteiger partial charge is 0.315 e. The van der Waals surface area contributed by atoms with Gasteiger partial charge in [0.15, 0.2) is 16.6 Å². The number of nitro benzene ring substituents is 1. The van der Waals surface area contributed by atoms with Crippen LogP contribution in [0.25, 0.3) is 0 Å². The van der Waals surface area contributed by atoms with Crippen LogP contribution >= 0.6 is 12.2 Å². The molecule has 27 heavy (non-hydrogen) atoms. The van der Waals surface area contributed by atoms with Gasteiger partial charge in [0, 0.05) is 24.4 Å². The van der Waals surface area contributed by atoms with Crippen LogP contribution in [0.15, 0.2) is 23.4 Å². The van der Waals surface area contributed by atoms with Gasteiger partial charge in [0.2, 0.25) is 5.75 Å². The molecule has 8 nitrogen and oxygen atoms in total. The Morgan fingerprint density at radius 1 is 1.44 bits per heavy atom. The zero-order chi connectivity index (χ0) is 20.3. The molecule has 0 spiro atoms. The van der Waals surface area contributed by atoms with Crippen LogP contribution in [0.5, 0.6) is 11.5 Å². The number of nitrogens with one attached hydrogen (secondary N) is 1. The Labute approximate surface area is 163 Å². The molecule has 0 aliphatic carbocycles.